The van der Waals surface area contributed by atoms with E-state index in [0.29, 0.717) is 5.92 Å². The predicted octanol–water partition coefficient (Wildman–Crippen LogP) is 5.68. The molecule has 1 atom stereocenters. The van der Waals surface area contributed by atoms with E-state index < -0.39 is 0 Å². The van der Waals surface area contributed by atoms with Crippen molar-refractivity contribution in [2.75, 3.05) is 0 Å². The lowest BCUT2D eigenvalue weighted by atomic mass is 9.86. The summed E-state index contributed by atoms with van der Waals surface area (Å²) in [7, 11) is 0. The summed E-state index contributed by atoms with van der Waals surface area (Å²) in [4.78, 5) is 12.6. The predicted molar refractivity (Wildman–Crippen MR) is 93.5 cm³/mol. The van der Waals surface area contributed by atoms with Crippen molar-refractivity contribution < 1.29 is 4.79 Å². The first-order valence-electron chi connectivity index (χ1n) is 7.34. The Morgan fingerprint density at radius 2 is 1.80 bits per heavy atom. The Morgan fingerprint density at radius 1 is 1.20 bits per heavy atom. The van der Waals surface area contributed by atoms with Gasteiger partial charge in [-0.1, -0.05) is 57.5 Å². The van der Waals surface area contributed by atoms with Crippen molar-refractivity contribution in [3.05, 3.63) is 44.5 Å². The molecule has 20 heavy (non-hydrogen) atoms. The van der Waals surface area contributed by atoms with E-state index in [2.05, 4.69) is 62.4 Å². The van der Waals surface area contributed by atoms with Gasteiger partial charge in [-0.25, -0.2) is 0 Å². The van der Waals surface area contributed by atoms with Gasteiger partial charge >= 0.3 is 0 Å². The lowest BCUT2D eigenvalue weighted by molar-refractivity contribution is 0.104. The third-order valence-electron chi connectivity index (χ3n) is 4.17. The minimum Gasteiger partial charge on any atom is -0.288 e. The van der Waals surface area contributed by atoms with Gasteiger partial charge in [-0.3, -0.25) is 4.79 Å². The van der Waals surface area contributed by atoms with Crippen LogP contribution in [0, 0.1) is 5.92 Å². The van der Waals surface area contributed by atoms with Crippen LogP contribution < -0.4 is 0 Å². The molecule has 0 saturated heterocycles. The molecule has 0 amide bonds. The summed E-state index contributed by atoms with van der Waals surface area (Å²) in [6.07, 6.45) is 3.53. The maximum atomic E-state index is 12.6. The van der Waals surface area contributed by atoms with Crippen molar-refractivity contribution in [3.8, 4) is 0 Å². The third kappa shape index (κ3) is 3.33. The number of Topliss-reactive ketones (excluding diaryl/α,β-unsaturated/α-hetero) is 1. The number of allylic oxidation sites excluding steroid dienone is 2. The summed E-state index contributed by atoms with van der Waals surface area (Å²) >= 11 is 2.24. The van der Waals surface area contributed by atoms with Crippen LogP contribution in [-0.2, 0) is 5.41 Å². The molecular formula is C18H23IO. The quantitative estimate of drug-likeness (QED) is 0.366. The van der Waals surface area contributed by atoms with Crippen LogP contribution in [0.2, 0.25) is 0 Å². The van der Waals surface area contributed by atoms with Gasteiger partial charge in [0.15, 0.2) is 5.78 Å². The normalized spacial score (nSPS) is 21.9. The molecule has 108 valence electrons. The molecule has 1 aromatic rings. The largest absolute Gasteiger partial charge is 0.288 e. The van der Waals surface area contributed by atoms with Crippen molar-refractivity contribution >= 4 is 28.4 Å². The minimum atomic E-state index is 0.132. The maximum Gasteiger partial charge on any atom is 0.199 e. The lowest BCUT2D eigenvalue weighted by Crippen LogP contribution is -2.11. The fraction of sp³-hybridized carbons (Fsp3) is 0.500. The zero-order valence-electron chi connectivity index (χ0n) is 12.8. The van der Waals surface area contributed by atoms with Gasteiger partial charge < -0.3 is 0 Å². The fourth-order valence-corrected chi connectivity index (χ4v) is 3.85. The molecule has 0 radical (unpaired) electrons. The number of hydrogen-bond acceptors (Lipinski definition) is 1. The molecular weight excluding hydrogens is 359 g/mol. The van der Waals surface area contributed by atoms with Crippen LogP contribution in [0.15, 0.2) is 33.4 Å². The van der Waals surface area contributed by atoms with E-state index in [9.17, 15) is 4.79 Å². The molecule has 1 aliphatic rings. The van der Waals surface area contributed by atoms with Crippen LogP contribution in [0.4, 0.5) is 0 Å². The van der Waals surface area contributed by atoms with E-state index in [1.807, 2.05) is 12.1 Å². The molecule has 1 saturated carbocycles. The van der Waals surface area contributed by atoms with E-state index in [-0.39, 0.29) is 11.2 Å². The summed E-state index contributed by atoms with van der Waals surface area (Å²) in [5.74, 6) is 0.759. The summed E-state index contributed by atoms with van der Waals surface area (Å²) in [6.45, 7) is 8.80. The number of halogens is 1. The summed E-state index contributed by atoms with van der Waals surface area (Å²) in [5.41, 5.74) is 3.57. The molecule has 0 aromatic heterocycles. The van der Waals surface area contributed by atoms with Gasteiger partial charge in [-0.05, 0) is 58.7 Å². The Kier molecular flexibility index (Phi) is 4.73. The van der Waals surface area contributed by atoms with Crippen LogP contribution in [0.5, 0.6) is 0 Å². The zero-order valence-corrected chi connectivity index (χ0v) is 15.0. The van der Waals surface area contributed by atoms with Gasteiger partial charge in [0.2, 0.25) is 0 Å². The monoisotopic (exact) mass is 382 g/mol. The highest BCUT2D eigenvalue weighted by Crippen LogP contribution is 2.36. The third-order valence-corrected chi connectivity index (χ3v) is 5.36. The fourth-order valence-electron chi connectivity index (χ4n) is 2.74. The van der Waals surface area contributed by atoms with Crippen LogP contribution in [0.25, 0.3) is 0 Å². The molecule has 0 aliphatic heterocycles. The highest BCUT2D eigenvalue weighted by Gasteiger charge is 2.23. The number of rotatable bonds is 2. The number of carbonyl (C=O) groups excluding carboxylic acids is 1. The second kappa shape index (κ2) is 6.00. The van der Waals surface area contributed by atoms with E-state index in [1.54, 1.807) is 0 Å². The SMILES string of the molecule is CC1CCC/C1=C(/I)C(=O)c1ccc(C(C)(C)C)cc1. The second-order valence-electron chi connectivity index (χ2n) is 6.79. The Labute approximate surface area is 136 Å². The summed E-state index contributed by atoms with van der Waals surface area (Å²) < 4.78 is 0.941. The van der Waals surface area contributed by atoms with Crippen LogP contribution in [-0.4, -0.2) is 5.78 Å². The standard InChI is InChI=1S/C18H23IO/c1-12-6-5-7-15(12)16(19)17(20)13-8-10-14(11-9-13)18(2,3)4/h8-12H,5-7H2,1-4H3/b16-15-. The van der Waals surface area contributed by atoms with Crippen LogP contribution in [0.1, 0.15) is 62.9 Å². The first-order valence-corrected chi connectivity index (χ1v) is 8.42. The van der Waals surface area contributed by atoms with Gasteiger partial charge in [-0.15, -0.1) is 0 Å². The first-order chi connectivity index (χ1) is 9.30. The van der Waals surface area contributed by atoms with Crippen molar-refractivity contribution in [1.82, 2.24) is 0 Å². The number of ketones is 1. The molecule has 1 unspecified atom stereocenters. The van der Waals surface area contributed by atoms with E-state index in [4.69, 9.17) is 0 Å². The Morgan fingerprint density at radius 3 is 2.25 bits per heavy atom. The molecule has 1 fully saturated rings. The maximum absolute atomic E-state index is 12.6. The molecule has 0 bridgehead atoms. The minimum absolute atomic E-state index is 0.132. The number of hydrogen-bond donors (Lipinski definition) is 0. The van der Waals surface area contributed by atoms with E-state index in [0.717, 1.165) is 15.6 Å². The molecule has 1 aliphatic carbocycles. The van der Waals surface area contributed by atoms with Gasteiger partial charge in [0.25, 0.3) is 0 Å². The van der Waals surface area contributed by atoms with Crippen LogP contribution in [0.3, 0.4) is 0 Å². The topological polar surface area (TPSA) is 17.1 Å². The number of benzene rings is 1. The van der Waals surface area contributed by atoms with Gasteiger partial charge in [0.05, 0.1) is 3.58 Å². The average Bonchev–Trinajstić information content (AvgIpc) is 2.82. The number of carbonyl (C=O) groups is 1. The smallest absolute Gasteiger partial charge is 0.199 e. The van der Waals surface area contributed by atoms with Gasteiger partial charge in [0, 0.05) is 5.56 Å². The molecule has 0 N–H and O–H groups in total. The Bertz CT molecular complexity index is 532. The van der Waals surface area contributed by atoms with Crippen molar-refractivity contribution in [3.63, 3.8) is 0 Å². The van der Waals surface area contributed by atoms with Crippen molar-refractivity contribution in [2.45, 2.75) is 52.4 Å². The van der Waals surface area contributed by atoms with Crippen molar-refractivity contribution in [2.24, 2.45) is 5.92 Å². The molecule has 0 spiro atoms. The summed E-state index contributed by atoms with van der Waals surface area (Å²) in [5, 5.41) is 0. The molecule has 1 nitrogen and oxygen atoms in total. The van der Waals surface area contributed by atoms with Gasteiger partial charge in [-0.2, -0.15) is 0 Å². The lowest BCUT2D eigenvalue weighted by Gasteiger charge is -2.19. The molecule has 2 rings (SSSR count). The zero-order chi connectivity index (χ0) is 14.9. The first kappa shape index (κ1) is 15.7. The second-order valence-corrected chi connectivity index (χ2v) is 7.87. The molecule has 0 heterocycles. The average molecular weight is 382 g/mol. The molecule has 1 aromatic carbocycles. The van der Waals surface area contributed by atoms with E-state index in [1.165, 1.54) is 24.0 Å². The molecule has 2 heteroatoms. The summed E-state index contributed by atoms with van der Waals surface area (Å²) in [6, 6.07) is 8.11. The van der Waals surface area contributed by atoms with Crippen LogP contribution >= 0.6 is 22.6 Å². The highest BCUT2D eigenvalue weighted by molar-refractivity contribution is 14.1. The Hall–Kier alpha value is -0.640. The Balaban J connectivity index is 2.26. The van der Waals surface area contributed by atoms with Gasteiger partial charge in [0.1, 0.15) is 0 Å². The van der Waals surface area contributed by atoms with Crippen molar-refractivity contribution in [1.29, 1.82) is 0 Å². The van der Waals surface area contributed by atoms with E-state index >= 15 is 0 Å². The highest BCUT2D eigenvalue weighted by atomic mass is 127.